The van der Waals surface area contributed by atoms with E-state index in [1.54, 1.807) is 36.4 Å². The van der Waals surface area contributed by atoms with Gasteiger partial charge in [-0.25, -0.2) is 17.7 Å². The highest BCUT2D eigenvalue weighted by atomic mass is 32.2. The number of carbonyl (C=O) groups excluding carboxylic acids is 1. The number of nitrogens with zero attached hydrogens (tertiary/aromatic N) is 2. The summed E-state index contributed by atoms with van der Waals surface area (Å²) in [5.74, 6) is 0.917. The second-order valence-electron chi connectivity index (χ2n) is 6.18. The first-order valence-electron chi connectivity index (χ1n) is 8.78. The van der Waals surface area contributed by atoms with E-state index in [9.17, 15) is 13.2 Å². The molecule has 0 aliphatic rings. The molecule has 10 heteroatoms. The fourth-order valence-electron chi connectivity index (χ4n) is 2.43. The van der Waals surface area contributed by atoms with Crippen molar-refractivity contribution in [3.05, 3.63) is 42.5 Å². The van der Waals surface area contributed by atoms with Crippen molar-refractivity contribution in [2.75, 3.05) is 32.6 Å². The maximum atomic E-state index is 12.3. The fourth-order valence-corrected chi connectivity index (χ4v) is 4.36. The molecule has 0 aliphatic heterocycles. The number of fused-ring (bicyclic) bond motifs is 1. The van der Waals surface area contributed by atoms with Crippen LogP contribution < -0.4 is 14.8 Å². The summed E-state index contributed by atoms with van der Waals surface area (Å²) in [7, 11) is -0.583. The molecule has 0 saturated heterocycles. The minimum atomic E-state index is -3.53. The normalized spacial score (nSPS) is 11.6. The van der Waals surface area contributed by atoms with Gasteiger partial charge in [0, 0.05) is 14.1 Å². The summed E-state index contributed by atoms with van der Waals surface area (Å²) >= 11 is 1.20. The number of carbonyl (C=O) groups is 1. The monoisotopic (exact) mass is 435 g/mol. The predicted molar refractivity (Wildman–Crippen MR) is 112 cm³/mol. The zero-order valence-corrected chi connectivity index (χ0v) is 17.8. The topological polar surface area (TPSA) is 97.8 Å². The molecule has 154 valence electrons. The highest BCUT2D eigenvalue weighted by Crippen LogP contribution is 2.29. The molecule has 3 rings (SSSR count). The van der Waals surface area contributed by atoms with Crippen LogP contribution in [0.5, 0.6) is 11.5 Å². The van der Waals surface area contributed by atoms with Gasteiger partial charge in [-0.2, -0.15) is 0 Å². The fraction of sp³-hybridized carbons (Fsp3) is 0.263. The first-order valence-corrected chi connectivity index (χ1v) is 11.0. The molecule has 0 spiro atoms. The van der Waals surface area contributed by atoms with Gasteiger partial charge in [-0.3, -0.25) is 10.1 Å². The maximum absolute atomic E-state index is 12.3. The smallest absolute Gasteiger partial charge is 0.264 e. The molecule has 0 atom stereocenters. The number of rotatable bonds is 8. The summed E-state index contributed by atoms with van der Waals surface area (Å²) in [4.78, 5) is 16.6. The summed E-state index contributed by atoms with van der Waals surface area (Å²) in [6, 6.07) is 11.7. The molecule has 1 N–H and O–H groups in total. The zero-order chi connectivity index (χ0) is 21.0. The lowest BCUT2D eigenvalue weighted by Crippen LogP contribution is -2.22. The Labute approximate surface area is 173 Å². The molecule has 0 bridgehead atoms. The van der Waals surface area contributed by atoms with Crippen LogP contribution in [0.25, 0.3) is 10.2 Å². The molecule has 0 saturated carbocycles. The zero-order valence-electron chi connectivity index (χ0n) is 16.2. The van der Waals surface area contributed by atoms with Crippen molar-refractivity contribution < 1.29 is 22.7 Å². The Kier molecular flexibility index (Phi) is 6.36. The number of anilines is 1. The Bertz CT molecular complexity index is 1110. The standard InChI is InChI=1S/C19H21N3O5S2/c1-4-26-13-5-7-14(8-6-13)27-12-18(23)21-19-20-16-10-9-15(11-17(16)28-19)29(24,25)22(2)3/h5-11H,4,12H2,1-3H3,(H,20,21,23). The van der Waals surface area contributed by atoms with E-state index < -0.39 is 10.0 Å². The lowest BCUT2D eigenvalue weighted by Gasteiger charge is -2.10. The number of hydrogen-bond acceptors (Lipinski definition) is 7. The Morgan fingerprint density at radius 3 is 2.38 bits per heavy atom. The number of amides is 1. The third-order valence-corrected chi connectivity index (χ3v) is 6.63. The Balaban J connectivity index is 1.64. The molecule has 1 aromatic heterocycles. The molecule has 1 amide bonds. The number of sulfonamides is 1. The second-order valence-corrected chi connectivity index (χ2v) is 9.36. The Morgan fingerprint density at radius 2 is 1.76 bits per heavy atom. The molecule has 1 heterocycles. The van der Waals surface area contributed by atoms with E-state index in [0.29, 0.717) is 27.7 Å². The number of nitrogens with one attached hydrogen (secondary N) is 1. The lowest BCUT2D eigenvalue weighted by atomic mass is 10.3. The molecule has 0 unspecified atom stereocenters. The summed E-state index contributed by atoms with van der Waals surface area (Å²) < 4.78 is 37.1. The summed E-state index contributed by atoms with van der Waals surface area (Å²) in [6.45, 7) is 2.30. The average Bonchev–Trinajstić information content (AvgIpc) is 3.08. The van der Waals surface area contributed by atoms with Crippen LogP contribution in [0, 0.1) is 0 Å². The van der Waals surface area contributed by atoms with Crippen LogP contribution in [0.3, 0.4) is 0 Å². The van der Waals surface area contributed by atoms with E-state index in [1.807, 2.05) is 6.92 Å². The van der Waals surface area contributed by atoms with Crippen molar-refractivity contribution >= 4 is 42.6 Å². The van der Waals surface area contributed by atoms with Crippen molar-refractivity contribution in [3.8, 4) is 11.5 Å². The first kappa shape index (κ1) is 21.0. The van der Waals surface area contributed by atoms with Gasteiger partial charge in [-0.05, 0) is 49.4 Å². The van der Waals surface area contributed by atoms with Crippen LogP contribution in [-0.4, -0.2) is 50.9 Å². The van der Waals surface area contributed by atoms with E-state index >= 15 is 0 Å². The summed E-state index contributed by atoms with van der Waals surface area (Å²) in [6.07, 6.45) is 0. The van der Waals surface area contributed by atoms with E-state index in [1.165, 1.54) is 31.5 Å². The van der Waals surface area contributed by atoms with Crippen LogP contribution >= 0.6 is 11.3 Å². The number of thiazole rings is 1. The third kappa shape index (κ3) is 5.03. The van der Waals surface area contributed by atoms with Crippen LogP contribution in [-0.2, 0) is 14.8 Å². The average molecular weight is 436 g/mol. The van der Waals surface area contributed by atoms with Gasteiger partial charge in [0.15, 0.2) is 11.7 Å². The minimum Gasteiger partial charge on any atom is -0.494 e. The molecular formula is C19H21N3O5S2. The molecule has 8 nitrogen and oxygen atoms in total. The van der Waals surface area contributed by atoms with Gasteiger partial charge in [0.25, 0.3) is 5.91 Å². The van der Waals surface area contributed by atoms with Crippen molar-refractivity contribution in [3.63, 3.8) is 0 Å². The number of hydrogen-bond donors (Lipinski definition) is 1. The SMILES string of the molecule is CCOc1ccc(OCC(=O)Nc2nc3ccc(S(=O)(=O)N(C)C)cc3s2)cc1. The van der Waals surface area contributed by atoms with Crippen LogP contribution in [0.15, 0.2) is 47.4 Å². The Morgan fingerprint density at radius 1 is 1.10 bits per heavy atom. The van der Waals surface area contributed by atoms with Crippen LogP contribution in [0.1, 0.15) is 6.92 Å². The van der Waals surface area contributed by atoms with E-state index in [2.05, 4.69) is 10.3 Å². The summed E-state index contributed by atoms with van der Waals surface area (Å²) in [5, 5.41) is 3.05. The Hall–Kier alpha value is -2.69. The van der Waals surface area contributed by atoms with E-state index in [4.69, 9.17) is 9.47 Å². The van der Waals surface area contributed by atoms with Crippen molar-refractivity contribution in [1.82, 2.24) is 9.29 Å². The third-order valence-electron chi connectivity index (χ3n) is 3.89. The number of ether oxygens (including phenoxy) is 2. The van der Waals surface area contributed by atoms with Crippen LogP contribution in [0.4, 0.5) is 5.13 Å². The summed E-state index contributed by atoms with van der Waals surface area (Å²) in [5.41, 5.74) is 0.607. The van der Waals surface area contributed by atoms with Gasteiger partial charge in [0.05, 0.1) is 21.7 Å². The second kappa shape index (κ2) is 8.76. The quantitative estimate of drug-likeness (QED) is 0.584. The molecule has 0 fully saturated rings. The largest absolute Gasteiger partial charge is 0.494 e. The molecule has 0 aliphatic carbocycles. The first-order chi connectivity index (χ1) is 13.8. The van der Waals surface area contributed by atoms with Gasteiger partial charge in [-0.1, -0.05) is 11.3 Å². The maximum Gasteiger partial charge on any atom is 0.264 e. The van der Waals surface area contributed by atoms with Gasteiger partial charge in [0.2, 0.25) is 10.0 Å². The number of benzene rings is 2. The predicted octanol–water partition coefficient (Wildman–Crippen LogP) is 2.96. The van der Waals surface area contributed by atoms with E-state index in [0.717, 1.165) is 10.1 Å². The number of aromatic nitrogens is 1. The highest BCUT2D eigenvalue weighted by molar-refractivity contribution is 7.89. The molecular weight excluding hydrogens is 414 g/mol. The van der Waals surface area contributed by atoms with Crippen molar-refractivity contribution in [2.45, 2.75) is 11.8 Å². The molecule has 3 aromatic rings. The van der Waals surface area contributed by atoms with Gasteiger partial charge < -0.3 is 9.47 Å². The van der Waals surface area contributed by atoms with Crippen molar-refractivity contribution in [2.24, 2.45) is 0 Å². The molecule has 29 heavy (non-hydrogen) atoms. The van der Waals surface area contributed by atoms with Gasteiger partial charge in [-0.15, -0.1) is 0 Å². The molecule has 0 radical (unpaired) electrons. The van der Waals surface area contributed by atoms with Gasteiger partial charge in [0.1, 0.15) is 11.5 Å². The highest BCUT2D eigenvalue weighted by Gasteiger charge is 2.18. The van der Waals surface area contributed by atoms with Crippen molar-refractivity contribution in [1.29, 1.82) is 0 Å². The van der Waals surface area contributed by atoms with Crippen LogP contribution in [0.2, 0.25) is 0 Å². The lowest BCUT2D eigenvalue weighted by molar-refractivity contribution is -0.118. The van der Waals surface area contributed by atoms with E-state index in [-0.39, 0.29) is 17.4 Å². The minimum absolute atomic E-state index is 0.176. The molecule has 2 aromatic carbocycles. The van der Waals surface area contributed by atoms with Gasteiger partial charge >= 0.3 is 0 Å².